The first-order chi connectivity index (χ1) is 9.10. The van der Waals surface area contributed by atoms with Crippen molar-refractivity contribution in [2.75, 3.05) is 12.3 Å². The highest BCUT2D eigenvalue weighted by atomic mass is 19.3. The van der Waals surface area contributed by atoms with Crippen LogP contribution in [0, 0.1) is 0 Å². The molecule has 102 valence electrons. The minimum Gasteiger partial charge on any atom is -0.435 e. The lowest BCUT2D eigenvalue weighted by atomic mass is 10.1. The Labute approximate surface area is 108 Å². The van der Waals surface area contributed by atoms with Crippen molar-refractivity contribution in [2.24, 2.45) is 0 Å². The number of nitrogens with two attached hydrogens (primary N) is 1. The molecule has 2 rings (SSSR count). The fraction of sp³-hybridized carbons (Fsp3) is 0.250. The maximum Gasteiger partial charge on any atom is 0.387 e. The largest absolute Gasteiger partial charge is 0.435 e. The Morgan fingerprint density at radius 2 is 2.00 bits per heavy atom. The van der Waals surface area contributed by atoms with Gasteiger partial charge in [0.2, 0.25) is 0 Å². The van der Waals surface area contributed by atoms with Crippen LogP contribution in [0.1, 0.15) is 0 Å². The second-order valence-electron chi connectivity index (χ2n) is 3.80. The maximum atomic E-state index is 12.0. The number of benzene rings is 1. The number of nitrogen functional groups attached to an aromatic ring is 1. The zero-order valence-electron chi connectivity index (χ0n) is 9.96. The molecule has 0 atom stereocenters. The van der Waals surface area contributed by atoms with Crippen LogP contribution in [0.4, 0.5) is 14.6 Å². The van der Waals surface area contributed by atoms with E-state index in [0.717, 1.165) is 5.56 Å². The Bertz CT molecular complexity index is 540. The van der Waals surface area contributed by atoms with Crippen LogP contribution in [-0.2, 0) is 6.54 Å². The number of rotatable bonds is 5. The minimum absolute atomic E-state index is 0.0630. The van der Waals surface area contributed by atoms with E-state index in [4.69, 9.17) is 10.8 Å². The van der Waals surface area contributed by atoms with Gasteiger partial charge in [0.25, 0.3) is 0 Å². The van der Waals surface area contributed by atoms with Gasteiger partial charge in [0.15, 0.2) is 0 Å². The Balaban J connectivity index is 2.19. The van der Waals surface area contributed by atoms with Crippen molar-refractivity contribution in [3.63, 3.8) is 0 Å². The van der Waals surface area contributed by atoms with Crippen LogP contribution in [0.2, 0.25) is 0 Å². The molecule has 1 heterocycles. The van der Waals surface area contributed by atoms with E-state index in [-0.39, 0.29) is 12.4 Å². The highest BCUT2D eigenvalue weighted by Crippen LogP contribution is 2.23. The number of alkyl halides is 2. The Morgan fingerprint density at radius 1 is 1.32 bits per heavy atom. The molecule has 1 aromatic carbocycles. The molecule has 0 unspecified atom stereocenters. The average Bonchev–Trinajstić information content (AvgIpc) is 2.72. The molecule has 0 aliphatic heterocycles. The molecule has 0 bridgehead atoms. The molecule has 19 heavy (non-hydrogen) atoms. The molecule has 0 aliphatic rings. The zero-order valence-corrected chi connectivity index (χ0v) is 9.96. The van der Waals surface area contributed by atoms with Crippen molar-refractivity contribution < 1.29 is 18.6 Å². The summed E-state index contributed by atoms with van der Waals surface area (Å²) >= 11 is 0. The molecule has 3 N–H and O–H groups in total. The normalized spacial score (nSPS) is 10.9. The van der Waals surface area contributed by atoms with Gasteiger partial charge in [-0.2, -0.15) is 13.9 Å². The maximum absolute atomic E-state index is 12.0. The van der Waals surface area contributed by atoms with Crippen molar-refractivity contribution in [1.82, 2.24) is 9.78 Å². The van der Waals surface area contributed by atoms with Gasteiger partial charge < -0.3 is 15.6 Å². The van der Waals surface area contributed by atoms with Gasteiger partial charge in [-0.25, -0.2) is 4.68 Å². The highest BCUT2D eigenvalue weighted by molar-refractivity contribution is 5.63. The van der Waals surface area contributed by atoms with E-state index in [0.29, 0.717) is 18.1 Å². The van der Waals surface area contributed by atoms with Crippen LogP contribution in [0.3, 0.4) is 0 Å². The first-order valence-corrected chi connectivity index (χ1v) is 5.59. The van der Waals surface area contributed by atoms with Gasteiger partial charge in [0, 0.05) is 11.6 Å². The summed E-state index contributed by atoms with van der Waals surface area (Å²) in [4.78, 5) is 0. The Hall–Kier alpha value is -2.15. The summed E-state index contributed by atoms with van der Waals surface area (Å²) in [7, 11) is 0. The number of hydrogen-bond acceptors (Lipinski definition) is 4. The van der Waals surface area contributed by atoms with Gasteiger partial charge in [-0.05, 0) is 24.3 Å². The fourth-order valence-corrected chi connectivity index (χ4v) is 1.65. The summed E-state index contributed by atoms with van der Waals surface area (Å²) in [6, 6.07) is 7.75. The number of halogens is 2. The van der Waals surface area contributed by atoms with E-state index in [2.05, 4.69) is 9.84 Å². The molecule has 0 fully saturated rings. The summed E-state index contributed by atoms with van der Waals surface area (Å²) in [6.45, 7) is -2.60. The molecule has 1 aromatic heterocycles. The van der Waals surface area contributed by atoms with E-state index >= 15 is 0 Å². The van der Waals surface area contributed by atoms with Crippen LogP contribution in [0.25, 0.3) is 11.3 Å². The molecule has 2 aromatic rings. The average molecular weight is 269 g/mol. The predicted molar refractivity (Wildman–Crippen MR) is 65.8 cm³/mol. The van der Waals surface area contributed by atoms with Gasteiger partial charge in [0.05, 0.1) is 18.8 Å². The molecule has 0 aliphatic carbocycles. The van der Waals surface area contributed by atoms with Crippen molar-refractivity contribution in [1.29, 1.82) is 0 Å². The molecular weight excluding hydrogens is 256 g/mol. The first-order valence-electron chi connectivity index (χ1n) is 5.59. The molecule has 5 nitrogen and oxygen atoms in total. The zero-order chi connectivity index (χ0) is 13.8. The monoisotopic (exact) mass is 269 g/mol. The molecule has 7 heteroatoms. The lowest BCUT2D eigenvalue weighted by molar-refractivity contribution is -0.0498. The Morgan fingerprint density at radius 3 is 2.58 bits per heavy atom. The standard InChI is InChI=1S/C12H13F2N3O2/c13-12(14)19-9-3-1-8(2-4-9)10-7-11(15)17(16-10)5-6-18/h1-4,7,12,18H,5-6,15H2. The number of aliphatic hydroxyl groups is 1. The highest BCUT2D eigenvalue weighted by Gasteiger charge is 2.08. The lowest BCUT2D eigenvalue weighted by Crippen LogP contribution is -2.07. The summed E-state index contributed by atoms with van der Waals surface area (Å²) < 4.78 is 29.7. The van der Waals surface area contributed by atoms with Crippen LogP contribution in [0.5, 0.6) is 5.75 Å². The van der Waals surface area contributed by atoms with E-state index in [1.807, 2.05) is 0 Å². The van der Waals surface area contributed by atoms with Gasteiger partial charge >= 0.3 is 6.61 Å². The quantitative estimate of drug-likeness (QED) is 0.867. The molecular formula is C12H13F2N3O2. The fourth-order valence-electron chi connectivity index (χ4n) is 1.65. The smallest absolute Gasteiger partial charge is 0.387 e. The third kappa shape index (κ3) is 3.19. The van der Waals surface area contributed by atoms with E-state index in [9.17, 15) is 8.78 Å². The van der Waals surface area contributed by atoms with Gasteiger partial charge in [-0.1, -0.05) is 0 Å². The van der Waals surface area contributed by atoms with Crippen LogP contribution in [-0.4, -0.2) is 28.1 Å². The second-order valence-corrected chi connectivity index (χ2v) is 3.80. The van der Waals surface area contributed by atoms with Gasteiger partial charge in [-0.15, -0.1) is 0 Å². The summed E-state index contributed by atoms with van der Waals surface area (Å²) in [5.41, 5.74) is 7.06. The third-order valence-corrected chi connectivity index (χ3v) is 2.50. The van der Waals surface area contributed by atoms with Gasteiger partial charge in [0.1, 0.15) is 11.6 Å². The van der Waals surface area contributed by atoms with Crippen LogP contribution in [0.15, 0.2) is 30.3 Å². The number of ether oxygens (including phenoxy) is 1. The van der Waals surface area contributed by atoms with Crippen molar-refractivity contribution in [3.05, 3.63) is 30.3 Å². The van der Waals surface area contributed by atoms with Crippen molar-refractivity contribution in [3.8, 4) is 17.0 Å². The second kappa shape index (κ2) is 5.66. The summed E-state index contributed by atoms with van der Waals surface area (Å²) in [6.07, 6.45) is 0. The SMILES string of the molecule is Nc1cc(-c2ccc(OC(F)F)cc2)nn1CCO. The minimum atomic E-state index is -2.84. The van der Waals surface area contributed by atoms with E-state index in [1.54, 1.807) is 18.2 Å². The van der Waals surface area contributed by atoms with Crippen LogP contribution >= 0.6 is 0 Å². The van der Waals surface area contributed by atoms with Gasteiger partial charge in [-0.3, -0.25) is 0 Å². The summed E-state index contributed by atoms with van der Waals surface area (Å²) in [5, 5.41) is 13.0. The van der Waals surface area contributed by atoms with Crippen molar-refractivity contribution >= 4 is 5.82 Å². The number of aromatic nitrogens is 2. The van der Waals surface area contributed by atoms with Crippen molar-refractivity contribution in [2.45, 2.75) is 13.2 Å². The number of hydrogen-bond donors (Lipinski definition) is 2. The molecule has 0 radical (unpaired) electrons. The van der Waals surface area contributed by atoms with E-state index in [1.165, 1.54) is 16.8 Å². The molecule has 0 spiro atoms. The topological polar surface area (TPSA) is 73.3 Å². The number of anilines is 1. The molecule has 0 saturated carbocycles. The third-order valence-electron chi connectivity index (χ3n) is 2.50. The van der Waals surface area contributed by atoms with E-state index < -0.39 is 6.61 Å². The molecule has 0 saturated heterocycles. The molecule has 0 amide bonds. The predicted octanol–water partition coefficient (Wildman–Crippen LogP) is 1.73. The van der Waals surface area contributed by atoms with Crippen LogP contribution < -0.4 is 10.5 Å². The summed E-state index contributed by atoms with van der Waals surface area (Å²) in [5.74, 6) is 0.512. The lowest BCUT2D eigenvalue weighted by Gasteiger charge is -2.04. The number of nitrogens with zero attached hydrogens (tertiary/aromatic N) is 2. The first kappa shape index (κ1) is 13.3. The number of aliphatic hydroxyl groups excluding tert-OH is 1. The Kier molecular flexibility index (Phi) is 3.96.